The second-order valence-corrected chi connectivity index (χ2v) is 9.35. The number of amides is 1. The van der Waals surface area contributed by atoms with Crippen LogP contribution in [0.5, 0.6) is 0 Å². The highest BCUT2D eigenvalue weighted by Crippen LogP contribution is 2.30. The molecule has 1 amide bonds. The van der Waals surface area contributed by atoms with Gasteiger partial charge in [0.05, 0.1) is 4.90 Å². The first-order valence-electron chi connectivity index (χ1n) is 9.16. The Labute approximate surface area is 169 Å². The first kappa shape index (κ1) is 20.8. The number of carbonyl (C=O) groups excluding carboxylic acids is 1. The van der Waals surface area contributed by atoms with E-state index in [4.69, 9.17) is 0 Å². The van der Waals surface area contributed by atoms with Gasteiger partial charge in [-0.1, -0.05) is 25.1 Å². The Morgan fingerprint density at radius 1 is 1.25 bits per heavy atom. The normalized spacial score (nSPS) is 13.6. The van der Waals surface area contributed by atoms with Gasteiger partial charge in [0.25, 0.3) is 0 Å². The number of sulfonamides is 1. The van der Waals surface area contributed by atoms with Crippen molar-refractivity contribution >= 4 is 33.4 Å². The Bertz CT molecular complexity index is 964. The van der Waals surface area contributed by atoms with Gasteiger partial charge in [0, 0.05) is 36.7 Å². The van der Waals surface area contributed by atoms with Crippen molar-refractivity contribution < 1.29 is 17.6 Å². The molecule has 1 heterocycles. The summed E-state index contributed by atoms with van der Waals surface area (Å²) in [5.41, 5.74) is 2.28. The van der Waals surface area contributed by atoms with E-state index < -0.39 is 10.0 Å². The molecule has 0 radical (unpaired) electrons. The van der Waals surface area contributed by atoms with Crippen molar-refractivity contribution in [3.05, 3.63) is 59.4 Å². The Morgan fingerprint density at radius 3 is 2.79 bits per heavy atom. The summed E-state index contributed by atoms with van der Waals surface area (Å²) >= 11 is 1.47. The van der Waals surface area contributed by atoms with Gasteiger partial charge in [0.1, 0.15) is 5.82 Å². The van der Waals surface area contributed by atoms with E-state index in [0.29, 0.717) is 36.5 Å². The van der Waals surface area contributed by atoms with Crippen molar-refractivity contribution in [2.24, 2.45) is 0 Å². The number of hydrogen-bond donors (Lipinski definition) is 1. The summed E-state index contributed by atoms with van der Waals surface area (Å²) in [6.45, 7) is 2.66. The van der Waals surface area contributed by atoms with Crippen molar-refractivity contribution in [1.29, 1.82) is 0 Å². The van der Waals surface area contributed by atoms with E-state index in [1.165, 1.54) is 23.9 Å². The zero-order chi connectivity index (χ0) is 20.1. The highest BCUT2D eigenvalue weighted by atomic mass is 32.2. The Kier molecular flexibility index (Phi) is 6.74. The van der Waals surface area contributed by atoms with Crippen LogP contribution in [0, 0.1) is 5.82 Å². The molecular weight excluding hydrogens is 399 g/mol. The van der Waals surface area contributed by atoms with Crippen LogP contribution in [0.1, 0.15) is 24.5 Å². The summed E-state index contributed by atoms with van der Waals surface area (Å²) < 4.78 is 41.2. The van der Waals surface area contributed by atoms with E-state index in [1.807, 2.05) is 6.92 Å². The van der Waals surface area contributed by atoms with Gasteiger partial charge in [0.15, 0.2) is 0 Å². The standard InChI is InChI=1S/C20H23FN2O3S2/c1-2-20(24)23-11-9-15-13-17(7-8-19(15)23)28(25,26)22-10-12-27-14-16-5-3-4-6-18(16)21/h3-8,13,22H,2,9-12,14H2,1H3. The average molecular weight is 423 g/mol. The van der Waals surface area contributed by atoms with Gasteiger partial charge in [-0.15, -0.1) is 0 Å². The lowest BCUT2D eigenvalue weighted by molar-refractivity contribution is -0.118. The van der Waals surface area contributed by atoms with Gasteiger partial charge in [-0.05, 0) is 41.8 Å². The highest BCUT2D eigenvalue weighted by Gasteiger charge is 2.25. The molecule has 1 aliphatic rings. The third-order valence-electron chi connectivity index (χ3n) is 4.61. The summed E-state index contributed by atoms with van der Waals surface area (Å²) in [5, 5.41) is 0. The van der Waals surface area contributed by atoms with Crippen LogP contribution in [-0.2, 0) is 27.0 Å². The van der Waals surface area contributed by atoms with E-state index in [0.717, 1.165) is 11.3 Å². The lowest BCUT2D eigenvalue weighted by Crippen LogP contribution is -2.28. The molecule has 0 saturated carbocycles. The Balaban J connectivity index is 1.55. The number of anilines is 1. The maximum atomic E-state index is 13.6. The van der Waals surface area contributed by atoms with Crippen LogP contribution in [0.25, 0.3) is 0 Å². The molecule has 2 aromatic rings. The van der Waals surface area contributed by atoms with Crippen molar-refractivity contribution in [2.45, 2.75) is 30.4 Å². The van der Waals surface area contributed by atoms with Crippen LogP contribution < -0.4 is 9.62 Å². The fraction of sp³-hybridized carbons (Fsp3) is 0.350. The van der Waals surface area contributed by atoms with Crippen LogP contribution in [0.4, 0.5) is 10.1 Å². The SMILES string of the molecule is CCC(=O)N1CCc2cc(S(=O)(=O)NCCSCc3ccccc3F)ccc21. The van der Waals surface area contributed by atoms with E-state index >= 15 is 0 Å². The molecule has 0 atom stereocenters. The third-order valence-corrected chi connectivity index (χ3v) is 7.08. The number of hydrogen-bond acceptors (Lipinski definition) is 4. The summed E-state index contributed by atoms with van der Waals surface area (Å²) in [7, 11) is -3.62. The number of nitrogens with zero attached hydrogens (tertiary/aromatic N) is 1. The first-order valence-corrected chi connectivity index (χ1v) is 11.8. The fourth-order valence-corrected chi connectivity index (χ4v) is 5.18. The summed E-state index contributed by atoms with van der Waals surface area (Å²) in [6, 6.07) is 11.5. The lowest BCUT2D eigenvalue weighted by Gasteiger charge is -2.16. The number of halogens is 1. The maximum Gasteiger partial charge on any atom is 0.240 e. The van der Waals surface area contributed by atoms with E-state index in [-0.39, 0.29) is 23.2 Å². The van der Waals surface area contributed by atoms with Crippen molar-refractivity contribution in [1.82, 2.24) is 4.72 Å². The van der Waals surface area contributed by atoms with Gasteiger partial charge < -0.3 is 4.90 Å². The quantitative estimate of drug-likeness (QED) is 0.663. The summed E-state index contributed by atoms with van der Waals surface area (Å²) in [4.78, 5) is 13.9. The summed E-state index contributed by atoms with van der Waals surface area (Å²) in [6.07, 6.45) is 1.08. The molecule has 3 rings (SSSR count). The third kappa shape index (κ3) is 4.74. The molecule has 150 valence electrons. The van der Waals surface area contributed by atoms with Gasteiger partial charge in [0.2, 0.25) is 15.9 Å². The zero-order valence-electron chi connectivity index (χ0n) is 15.7. The molecule has 0 aromatic heterocycles. The predicted molar refractivity (Wildman–Crippen MR) is 111 cm³/mol. The van der Waals surface area contributed by atoms with Crippen LogP contribution in [0.2, 0.25) is 0 Å². The minimum atomic E-state index is -3.62. The van der Waals surface area contributed by atoms with Gasteiger partial charge in [-0.3, -0.25) is 4.79 Å². The van der Waals surface area contributed by atoms with Crippen LogP contribution in [0.3, 0.4) is 0 Å². The molecule has 0 bridgehead atoms. The molecule has 8 heteroatoms. The Morgan fingerprint density at radius 2 is 2.04 bits per heavy atom. The largest absolute Gasteiger partial charge is 0.312 e. The smallest absolute Gasteiger partial charge is 0.240 e. The minimum Gasteiger partial charge on any atom is -0.312 e. The molecule has 0 spiro atoms. The number of rotatable bonds is 8. The average Bonchev–Trinajstić information content (AvgIpc) is 3.11. The second kappa shape index (κ2) is 9.07. The van der Waals surface area contributed by atoms with Crippen molar-refractivity contribution in [3.8, 4) is 0 Å². The molecule has 0 aliphatic carbocycles. The number of nitrogens with one attached hydrogen (secondary N) is 1. The second-order valence-electron chi connectivity index (χ2n) is 6.48. The van der Waals surface area contributed by atoms with E-state index in [9.17, 15) is 17.6 Å². The predicted octanol–water partition coefficient (Wildman–Crippen LogP) is 3.34. The molecule has 1 N–H and O–H groups in total. The monoisotopic (exact) mass is 422 g/mol. The molecule has 28 heavy (non-hydrogen) atoms. The lowest BCUT2D eigenvalue weighted by atomic mass is 10.2. The Hall–Kier alpha value is -1.90. The van der Waals surface area contributed by atoms with Crippen LogP contribution in [0.15, 0.2) is 47.4 Å². The van der Waals surface area contributed by atoms with E-state index in [2.05, 4.69) is 4.72 Å². The summed E-state index contributed by atoms with van der Waals surface area (Å²) in [5.74, 6) is 0.829. The molecule has 0 unspecified atom stereocenters. The molecular formula is C20H23FN2O3S2. The molecule has 1 aliphatic heterocycles. The molecule has 5 nitrogen and oxygen atoms in total. The topological polar surface area (TPSA) is 66.5 Å². The van der Waals surface area contributed by atoms with Gasteiger partial charge >= 0.3 is 0 Å². The number of benzene rings is 2. The van der Waals surface area contributed by atoms with E-state index in [1.54, 1.807) is 35.2 Å². The first-order chi connectivity index (χ1) is 13.4. The number of thioether (sulfide) groups is 1. The number of carbonyl (C=O) groups is 1. The zero-order valence-corrected chi connectivity index (χ0v) is 17.3. The van der Waals surface area contributed by atoms with Crippen molar-refractivity contribution in [2.75, 3.05) is 23.7 Å². The molecule has 2 aromatic carbocycles. The van der Waals surface area contributed by atoms with Gasteiger partial charge in [-0.2, -0.15) is 11.8 Å². The highest BCUT2D eigenvalue weighted by molar-refractivity contribution is 7.98. The van der Waals surface area contributed by atoms with Gasteiger partial charge in [-0.25, -0.2) is 17.5 Å². The van der Waals surface area contributed by atoms with Crippen LogP contribution >= 0.6 is 11.8 Å². The molecule has 0 saturated heterocycles. The number of fused-ring (bicyclic) bond motifs is 1. The fourth-order valence-electron chi connectivity index (χ4n) is 3.12. The van der Waals surface area contributed by atoms with Crippen molar-refractivity contribution in [3.63, 3.8) is 0 Å². The van der Waals surface area contributed by atoms with Crippen LogP contribution in [-0.4, -0.2) is 33.2 Å². The minimum absolute atomic E-state index is 0.0411. The maximum absolute atomic E-state index is 13.6. The molecule has 0 fully saturated rings.